The smallest absolute Gasteiger partial charge is 0.230 e. The van der Waals surface area contributed by atoms with Crippen molar-refractivity contribution in [2.45, 2.75) is 57.3 Å². The van der Waals surface area contributed by atoms with Crippen LogP contribution in [0.25, 0.3) is 11.4 Å². The highest BCUT2D eigenvalue weighted by Gasteiger charge is 2.40. The summed E-state index contributed by atoms with van der Waals surface area (Å²) in [6.07, 6.45) is 5.02. The van der Waals surface area contributed by atoms with Crippen molar-refractivity contribution in [1.82, 2.24) is 20.1 Å². The fraction of sp³-hybridized carbons (Fsp3) is 0.524. The van der Waals surface area contributed by atoms with Gasteiger partial charge in [0.2, 0.25) is 11.8 Å². The van der Waals surface area contributed by atoms with Crippen LogP contribution in [-0.2, 0) is 16.1 Å². The highest BCUT2D eigenvalue weighted by molar-refractivity contribution is 7.99. The molecule has 2 fully saturated rings. The number of nitrogens with zero attached hydrogens (tertiary/aromatic N) is 3. The first kappa shape index (κ1) is 19.9. The molecule has 1 aromatic carbocycles. The third kappa shape index (κ3) is 4.47. The predicted octanol–water partition coefficient (Wildman–Crippen LogP) is 3.32. The number of carbonyl (C=O) groups excluding carboxylic acids is 2. The van der Waals surface area contributed by atoms with Gasteiger partial charge in [-0.05, 0) is 62.3 Å². The minimum absolute atomic E-state index is 0.0828. The maximum Gasteiger partial charge on any atom is 0.230 e. The van der Waals surface area contributed by atoms with Crippen molar-refractivity contribution >= 4 is 29.3 Å². The fourth-order valence-corrected chi connectivity index (χ4v) is 5.41. The third-order valence-electron chi connectivity index (χ3n) is 5.91. The first-order chi connectivity index (χ1) is 14.0. The summed E-state index contributed by atoms with van der Waals surface area (Å²) in [5.74, 6) is 2.60. The zero-order valence-electron chi connectivity index (χ0n) is 16.9. The number of rotatable bonds is 7. The van der Waals surface area contributed by atoms with Crippen molar-refractivity contribution in [2.24, 2.45) is 11.8 Å². The molecule has 0 unspecified atom stereocenters. The normalized spacial score (nSPS) is 22.6. The molecule has 154 valence electrons. The van der Waals surface area contributed by atoms with Crippen molar-refractivity contribution in [3.05, 3.63) is 24.3 Å². The lowest BCUT2D eigenvalue weighted by atomic mass is 9.95. The van der Waals surface area contributed by atoms with Gasteiger partial charge in [0.1, 0.15) is 0 Å². The summed E-state index contributed by atoms with van der Waals surface area (Å²) in [6, 6.07) is 7.89. The van der Waals surface area contributed by atoms with E-state index in [0.717, 1.165) is 34.6 Å². The van der Waals surface area contributed by atoms with Gasteiger partial charge in [0.25, 0.3) is 0 Å². The van der Waals surface area contributed by atoms with E-state index < -0.39 is 0 Å². The molecule has 2 N–H and O–H groups in total. The first-order valence-corrected chi connectivity index (χ1v) is 11.3. The lowest BCUT2D eigenvalue weighted by molar-refractivity contribution is -0.119. The summed E-state index contributed by atoms with van der Waals surface area (Å²) < 4.78 is 2.02. The lowest BCUT2D eigenvalue weighted by Gasteiger charge is -2.22. The van der Waals surface area contributed by atoms with Gasteiger partial charge in [-0.15, -0.1) is 10.2 Å². The van der Waals surface area contributed by atoms with Gasteiger partial charge in [0.05, 0.1) is 5.75 Å². The Hall–Kier alpha value is -2.35. The van der Waals surface area contributed by atoms with Crippen LogP contribution in [0.2, 0.25) is 0 Å². The number of aromatic nitrogens is 3. The van der Waals surface area contributed by atoms with Crippen molar-refractivity contribution in [2.75, 3.05) is 11.1 Å². The van der Waals surface area contributed by atoms with Crippen LogP contribution >= 0.6 is 11.8 Å². The lowest BCUT2D eigenvalue weighted by Crippen LogP contribution is -2.39. The monoisotopic (exact) mass is 413 g/mol. The molecule has 2 aliphatic carbocycles. The van der Waals surface area contributed by atoms with E-state index >= 15 is 0 Å². The van der Waals surface area contributed by atoms with Crippen molar-refractivity contribution < 1.29 is 9.59 Å². The largest absolute Gasteiger partial charge is 0.352 e. The van der Waals surface area contributed by atoms with Crippen LogP contribution in [0.5, 0.6) is 0 Å². The molecule has 2 amide bonds. The van der Waals surface area contributed by atoms with E-state index in [1.165, 1.54) is 37.9 Å². The molecule has 7 nitrogen and oxygen atoms in total. The summed E-state index contributed by atoms with van der Waals surface area (Å²) in [5, 5.41) is 15.4. The van der Waals surface area contributed by atoms with Crippen LogP contribution in [0.1, 0.15) is 39.5 Å². The highest BCUT2D eigenvalue weighted by atomic mass is 32.2. The van der Waals surface area contributed by atoms with E-state index in [0.29, 0.717) is 24.3 Å². The first-order valence-electron chi connectivity index (χ1n) is 10.3. The molecule has 2 aromatic rings. The Bertz CT molecular complexity index is 895. The second-order valence-corrected chi connectivity index (χ2v) is 8.89. The van der Waals surface area contributed by atoms with Crippen molar-refractivity contribution in [3.63, 3.8) is 0 Å². The Labute approximate surface area is 175 Å². The second-order valence-electron chi connectivity index (χ2n) is 7.95. The third-order valence-corrected chi connectivity index (χ3v) is 6.88. The number of hydrogen-bond donors (Lipinski definition) is 2. The number of thioether (sulfide) groups is 1. The average Bonchev–Trinajstić information content (AvgIpc) is 3.41. The van der Waals surface area contributed by atoms with Crippen LogP contribution < -0.4 is 10.6 Å². The van der Waals surface area contributed by atoms with Gasteiger partial charge in [0.15, 0.2) is 11.0 Å². The number of carbonyl (C=O) groups is 2. The van der Waals surface area contributed by atoms with Crippen LogP contribution in [-0.4, -0.2) is 38.4 Å². The van der Waals surface area contributed by atoms with Gasteiger partial charge in [-0.3, -0.25) is 9.59 Å². The number of anilines is 1. The number of amides is 2. The van der Waals surface area contributed by atoms with Crippen molar-refractivity contribution in [3.8, 4) is 11.4 Å². The minimum Gasteiger partial charge on any atom is -0.352 e. The molecule has 0 radical (unpaired) electrons. The SMILES string of the molecule is CCn1c(SCC(=O)N[C@@H]2C[C@H]3CC[C@H]2C3)nnc1-c1ccc(NC(C)=O)cc1. The molecule has 2 aliphatic rings. The Morgan fingerprint density at radius 1 is 1.17 bits per heavy atom. The topological polar surface area (TPSA) is 88.9 Å². The molecule has 3 atom stereocenters. The van der Waals surface area contributed by atoms with Gasteiger partial charge in [-0.25, -0.2) is 0 Å². The molecule has 0 aliphatic heterocycles. The number of nitrogens with one attached hydrogen (secondary N) is 2. The molecule has 4 rings (SSSR count). The van der Waals surface area contributed by atoms with Gasteiger partial charge in [-0.2, -0.15) is 0 Å². The van der Waals surface area contributed by atoms with Crippen LogP contribution in [0.15, 0.2) is 29.4 Å². The molecule has 8 heteroatoms. The molecular formula is C21H27N5O2S. The minimum atomic E-state index is -0.100. The summed E-state index contributed by atoms with van der Waals surface area (Å²) in [7, 11) is 0. The molecule has 2 bridgehead atoms. The van der Waals surface area contributed by atoms with E-state index in [1.54, 1.807) is 0 Å². The molecule has 29 heavy (non-hydrogen) atoms. The molecule has 2 saturated carbocycles. The van der Waals surface area contributed by atoms with Gasteiger partial charge >= 0.3 is 0 Å². The Kier molecular flexibility index (Phi) is 5.89. The quantitative estimate of drug-likeness (QED) is 0.680. The van der Waals surface area contributed by atoms with Gasteiger partial charge in [0, 0.05) is 30.8 Å². The van der Waals surface area contributed by atoms with Crippen LogP contribution in [0.4, 0.5) is 5.69 Å². The number of fused-ring (bicyclic) bond motifs is 2. The number of hydrogen-bond acceptors (Lipinski definition) is 5. The second kappa shape index (κ2) is 8.57. The molecule has 1 aromatic heterocycles. The molecular weight excluding hydrogens is 386 g/mol. The Morgan fingerprint density at radius 2 is 1.97 bits per heavy atom. The molecule has 1 heterocycles. The van der Waals surface area contributed by atoms with E-state index in [9.17, 15) is 9.59 Å². The van der Waals surface area contributed by atoms with Crippen molar-refractivity contribution in [1.29, 1.82) is 0 Å². The number of benzene rings is 1. The van der Waals surface area contributed by atoms with E-state index in [1.807, 2.05) is 35.8 Å². The van der Waals surface area contributed by atoms with E-state index in [2.05, 4.69) is 20.8 Å². The zero-order chi connectivity index (χ0) is 20.4. The zero-order valence-corrected chi connectivity index (χ0v) is 17.7. The summed E-state index contributed by atoms with van der Waals surface area (Å²) >= 11 is 1.43. The van der Waals surface area contributed by atoms with E-state index in [4.69, 9.17) is 0 Å². The Balaban J connectivity index is 1.38. The van der Waals surface area contributed by atoms with Gasteiger partial charge < -0.3 is 15.2 Å². The van der Waals surface area contributed by atoms with E-state index in [-0.39, 0.29) is 11.8 Å². The maximum absolute atomic E-state index is 12.4. The maximum atomic E-state index is 12.4. The summed E-state index contributed by atoms with van der Waals surface area (Å²) in [4.78, 5) is 23.6. The summed E-state index contributed by atoms with van der Waals surface area (Å²) in [6.45, 7) is 4.24. The highest BCUT2D eigenvalue weighted by Crippen LogP contribution is 2.44. The van der Waals surface area contributed by atoms with Gasteiger partial charge in [-0.1, -0.05) is 18.2 Å². The summed E-state index contributed by atoms with van der Waals surface area (Å²) in [5.41, 5.74) is 1.67. The predicted molar refractivity (Wildman–Crippen MR) is 114 cm³/mol. The molecule has 0 spiro atoms. The average molecular weight is 414 g/mol. The molecule has 0 saturated heterocycles. The Morgan fingerprint density at radius 3 is 2.59 bits per heavy atom. The van der Waals surface area contributed by atoms with Crippen LogP contribution in [0, 0.1) is 11.8 Å². The fourth-order valence-electron chi connectivity index (χ4n) is 4.60. The standard InChI is InChI=1S/C21H27N5O2S/c1-3-26-20(15-6-8-17(9-7-15)22-13(2)27)24-25-21(26)29-12-19(28)23-18-11-14-4-5-16(18)10-14/h6-9,14,16,18H,3-5,10-12H2,1-2H3,(H,22,27)(H,23,28)/t14-,16-,18+/m0/s1. The van der Waals surface area contributed by atoms with Crippen LogP contribution in [0.3, 0.4) is 0 Å².